The number of rotatable bonds is 4. The molecule has 1 heterocycles. The molecule has 3 N–H and O–H groups in total. The van der Waals surface area contributed by atoms with Crippen molar-refractivity contribution in [1.29, 1.82) is 0 Å². The molecule has 1 aliphatic heterocycles. The topological polar surface area (TPSA) is 29.1 Å². The number of aliphatic hydroxyl groups is 1. The molecule has 94 valence electrons. The van der Waals surface area contributed by atoms with Gasteiger partial charge in [-0.15, -0.1) is 0 Å². The molecule has 1 saturated heterocycles. The number of hydrogen-bond acceptors (Lipinski definition) is 1. The minimum absolute atomic E-state index is 0.317. The van der Waals surface area contributed by atoms with Crippen LogP contribution in [0.3, 0.4) is 0 Å². The monoisotopic (exact) mass is 300 g/mol. The molecule has 1 aromatic rings. The van der Waals surface area contributed by atoms with Gasteiger partial charge in [-0.05, 0) is 12.1 Å². The first-order valence-corrected chi connectivity index (χ1v) is 7.09. The van der Waals surface area contributed by atoms with Crippen molar-refractivity contribution in [2.45, 2.75) is 6.54 Å². The molecular formula is C13H21BrN2O+2. The first-order chi connectivity index (χ1) is 8.28. The van der Waals surface area contributed by atoms with Gasteiger partial charge in [0, 0.05) is 10.0 Å². The van der Waals surface area contributed by atoms with Crippen LogP contribution in [0.15, 0.2) is 28.7 Å². The molecule has 2 rings (SSSR count). The molecule has 0 bridgehead atoms. The Labute approximate surface area is 111 Å². The Kier molecular flexibility index (Phi) is 4.98. The van der Waals surface area contributed by atoms with Crippen molar-refractivity contribution in [2.75, 3.05) is 39.3 Å². The fourth-order valence-corrected chi connectivity index (χ4v) is 2.70. The van der Waals surface area contributed by atoms with Crippen molar-refractivity contribution < 1.29 is 14.9 Å². The zero-order valence-corrected chi connectivity index (χ0v) is 11.7. The second kappa shape index (κ2) is 6.50. The molecule has 1 fully saturated rings. The molecule has 0 saturated carbocycles. The lowest BCUT2D eigenvalue weighted by Gasteiger charge is -2.29. The van der Waals surface area contributed by atoms with E-state index in [4.69, 9.17) is 5.11 Å². The van der Waals surface area contributed by atoms with Crippen LogP contribution in [0, 0.1) is 0 Å². The third-order valence-corrected chi connectivity index (χ3v) is 4.03. The van der Waals surface area contributed by atoms with Crippen molar-refractivity contribution in [1.82, 2.24) is 0 Å². The number of piperazine rings is 1. The van der Waals surface area contributed by atoms with Crippen LogP contribution in [0.4, 0.5) is 0 Å². The Hall–Kier alpha value is -0.420. The van der Waals surface area contributed by atoms with E-state index in [2.05, 4.69) is 40.2 Å². The first-order valence-electron chi connectivity index (χ1n) is 6.30. The van der Waals surface area contributed by atoms with Gasteiger partial charge in [0.05, 0.1) is 6.61 Å². The number of nitrogens with one attached hydrogen (secondary N) is 2. The molecule has 0 aromatic heterocycles. The summed E-state index contributed by atoms with van der Waals surface area (Å²) < 4.78 is 1.15. The second-order valence-corrected chi connectivity index (χ2v) is 5.69. The van der Waals surface area contributed by atoms with Crippen molar-refractivity contribution in [3.8, 4) is 0 Å². The van der Waals surface area contributed by atoms with Gasteiger partial charge in [-0.25, -0.2) is 0 Å². The molecule has 0 amide bonds. The number of hydrogen-bond donors (Lipinski definition) is 3. The van der Waals surface area contributed by atoms with E-state index in [1.165, 1.54) is 31.7 Å². The zero-order valence-electron chi connectivity index (χ0n) is 10.1. The minimum Gasteiger partial charge on any atom is -0.391 e. The van der Waals surface area contributed by atoms with Crippen LogP contribution >= 0.6 is 15.9 Å². The van der Waals surface area contributed by atoms with Gasteiger partial charge >= 0.3 is 0 Å². The van der Waals surface area contributed by atoms with Crippen LogP contribution in [0.2, 0.25) is 0 Å². The molecule has 1 aromatic carbocycles. The largest absolute Gasteiger partial charge is 0.391 e. The molecule has 0 radical (unpaired) electrons. The van der Waals surface area contributed by atoms with Gasteiger partial charge < -0.3 is 14.9 Å². The second-order valence-electron chi connectivity index (χ2n) is 4.78. The highest BCUT2D eigenvalue weighted by Crippen LogP contribution is 2.09. The van der Waals surface area contributed by atoms with Crippen molar-refractivity contribution in [2.24, 2.45) is 0 Å². The summed E-state index contributed by atoms with van der Waals surface area (Å²) in [6.45, 7) is 7.15. The van der Waals surface area contributed by atoms with Crippen molar-refractivity contribution in [3.05, 3.63) is 34.3 Å². The zero-order chi connectivity index (χ0) is 12.1. The molecule has 0 atom stereocenters. The highest BCUT2D eigenvalue weighted by Gasteiger charge is 2.22. The van der Waals surface area contributed by atoms with E-state index in [1.54, 1.807) is 9.80 Å². The summed E-state index contributed by atoms with van der Waals surface area (Å²) >= 11 is 3.46. The lowest BCUT2D eigenvalue weighted by molar-refractivity contribution is -1.02. The molecular weight excluding hydrogens is 280 g/mol. The van der Waals surface area contributed by atoms with Crippen LogP contribution in [-0.2, 0) is 6.54 Å². The summed E-state index contributed by atoms with van der Waals surface area (Å²) in [5.74, 6) is 0. The van der Waals surface area contributed by atoms with E-state index in [0.29, 0.717) is 6.61 Å². The maximum atomic E-state index is 8.91. The predicted octanol–water partition coefficient (Wildman–Crippen LogP) is -1.28. The standard InChI is InChI=1S/C13H19BrN2O/c14-13-3-1-12(2-4-13)11-16-7-5-15(6-8-16)9-10-17/h1-4,17H,5-11H2/p+2. The van der Waals surface area contributed by atoms with E-state index < -0.39 is 0 Å². The van der Waals surface area contributed by atoms with E-state index in [9.17, 15) is 0 Å². The quantitative estimate of drug-likeness (QED) is 0.636. The van der Waals surface area contributed by atoms with Crippen LogP contribution in [0.5, 0.6) is 0 Å². The number of benzene rings is 1. The Morgan fingerprint density at radius 2 is 1.59 bits per heavy atom. The first kappa shape index (κ1) is 13.0. The summed E-state index contributed by atoms with van der Waals surface area (Å²) in [5.41, 5.74) is 1.41. The highest BCUT2D eigenvalue weighted by molar-refractivity contribution is 9.10. The highest BCUT2D eigenvalue weighted by atomic mass is 79.9. The van der Waals surface area contributed by atoms with E-state index in [1.807, 2.05) is 0 Å². The summed E-state index contributed by atoms with van der Waals surface area (Å²) in [5, 5.41) is 8.91. The third-order valence-electron chi connectivity index (χ3n) is 3.50. The van der Waals surface area contributed by atoms with E-state index in [0.717, 1.165) is 17.6 Å². The smallest absolute Gasteiger partial charge is 0.127 e. The van der Waals surface area contributed by atoms with Gasteiger partial charge in [-0.2, -0.15) is 0 Å². The molecule has 0 aliphatic carbocycles. The molecule has 1 aliphatic rings. The normalized spacial score (nSPS) is 24.8. The van der Waals surface area contributed by atoms with Gasteiger partial charge in [0.25, 0.3) is 0 Å². The average Bonchev–Trinajstić information content (AvgIpc) is 2.35. The molecule has 17 heavy (non-hydrogen) atoms. The fraction of sp³-hybridized carbons (Fsp3) is 0.538. The maximum Gasteiger partial charge on any atom is 0.127 e. The summed E-state index contributed by atoms with van der Waals surface area (Å²) in [7, 11) is 0. The molecule has 4 heteroatoms. The Bertz CT molecular complexity index is 334. The number of aliphatic hydroxyl groups excluding tert-OH is 1. The predicted molar refractivity (Wildman–Crippen MR) is 71.2 cm³/mol. The van der Waals surface area contributed by atoms with Crippen molar-refractivity contribution in [3.63, 3.8) is 0 Å². The summed E-state index contributed by atoms with van der Waals surface area (Å²) in [6.07, 6.45) is 0. The van der Waals surface area contributed by atoms with Gasteiger partial charge in [0.1, 0.15) is 39.3 Å². The molecule has 0 unspecified atom stereocenters. The Morgan fingerprint density at radius 3 is 2.18 bits per heavy atom. The van der Waals surface area contributed by atoms with Gasteiger partial charge in [-0.3, -0.25) is 0 Å². The summed E-state index contributed by atoms with van der Waals surface area (Å²) in [4.78, 5) is 3.21. The maximum absolute atomic E-state index is 8.91. The molecule has 3 nitrogen and oxygen atoms in total. The van der Waals surface area contributed by atoms with Crippen LogP contribution in [0.1, 0.15) is 5.56 Å². The number of quaternary nitrogens is 2. The van der Waals surface area contributed by atoms with E-state index >= 15 is 0 Å². The third kappa shape index (κ3) is 4.07. The van der Waals surface area contributed by atoms with Gasteiger partial charge in [0.2, 0.25) is 0 Å². The van der Waals surface area contributed by atoms with Crippen LogP contribution in [0.25, 0.3) is 0 Å². The SMILES string of the molecule is OCC[NH+]1CC[NH+](Cc2ccc(Br)cc2)CC1. The van der Waals surface area contributed by atoms with Gasteiger partial charge in [0.15, 0.2) is 0 Å². The Morgan fingerprint density at radius 1 is 1.00 bits per heavy atom. The van der Waals surface area contributed by atoms with Crippen LogP contribution < -0.4 is 9.80 Å². The lowest BCUT2D eigenvalue weighted by Crippen LogP contribution is -3.27. The minimum atomic E-state index is 0.317. The Balaban J connectivity index is 1.79. The number of halogens is 1. The van der Waals surface area contributed by atoms with Gasteiger partial charge in [-0.1, -0.05) is 28.1 Å². The van der Waals surface area contributed by atoms with E-state index in [-0.39, 0.29) is 0 Å². The summed E-state index contributed by atoms with van der Waals surface area (Å²) in [6, 6.07) is 8.62. The van der Waals surface area contributed by atoms with Crippen LogP contribution in [-0.4, -0.2) is 44.4 Å². The average molecular weight is 301 g/mol. The molecule has 0 spiro atoms. The fourth-order valence-electron chi connectivity index (χ4n) is 2.43. The lowest BCUT2D eigenvalue weighted by atomic mass is 10.2. The van der Waals surface area contributed by atoms with Crippen molar-refractivity contribution >= 4 is 15.9 Å².